The lowest BCUT2D eigenvalue weighted by Gasteiger charge is -2.26. The van der Waals surface area contributed by atoms with Crippen LogP contribution in [0.4, 0.5) is 5.69 Å². The van der Waals surface area contributed by atoms with E-state index in [2.05, 4.69) is 41.4 Å². The molecule has 0 aliphatic carbocycles. The second kappa shape index (κ2) is 9.17. The smallest absolute Gasteiger partial charge is 0.246 e. The average Bonchev–Trinajstić information content (AvgIpc) is 3.28. The molecule has 0 bridgehead atoms. The van der Waals surface area contributed by atoms with E-state index in [1.54, 1.807) is 24.3 Å². The van der Waals surface area contributed by atoms with Gasteiger partial charge < -0.3 is 14.6 Å². The van der Waals surface area contributed by atoms with Crippen molar-refractivity contribution in [1.82, 2.24) is 14.4 Å². The van der Waals surface area contributed by atoms with E-state index in [1.165, 1.54) is 9.87 Å². The van der Waals surface area contributed by atoms with Crippen molar-refractivity contribution >= 4 is 15.7 Å². The number of hydrogen-bond acceptors (Lipinski definition) is 7. The zero-order chi connectivity index (χ0) is 21.8. The number of hydrogen-bond donors (Lipinski definition) is 1. The SMILES string of the molecule is CC(C)c1ccc(-c2noc(CNc3cccc(S(=O)(=O)N4CCOCC4)c3)n2)cc1. The van der Waals surface area contributed by atoms with Gasteiger partial charge in [0.15, 0.2) is 0 Å². The predicted molar refractivity (Wildman–Crippen MR) is 117 cm³/mol. The molecule has 1 fully saturated rings. The molecule has 164 valence electrons. The number of benzene rings is 2. The van der Waals surface area contributed by atoms with E-state index in [-0.39, 0.29) is 11.4 Å². The van der Waals surface area contributed by atoms with Crippen LogP contribution in [-0.2, 0) is 21.3 Å². The Morgan fingerprint density at radius 2 is 1.84 bits per heavy atom. The van der Waals surface area contributed by atoms with Gasteiger partial charge in [-0.25, -0.2) is 8.42 Å². The standard InChI is InChI=1S/C22H26N4O4S/c1-16(2)17-6-8-18(9-7-17)22-24-21(30-25-22)15-23-19-4-3-5-20(14-19)31(27,28)26-10-12-29-13-11-26/h3-9,14,16,23H,10-13,15H2,1-2H3. The second-order valence-electron chi connectivity index (χ2n) is 7.69. The molecule has 3 aromatic rings. The molecule has 0 radical (unpaired) electrons. The molecule has 0 unspecified atom stereocenters. The molecule has 9 heteroatoms. The Hall–Kier alpha value is -2.75. The first kappa shape index (κ1) is 21.5. The van der Waals surface area contributed by atoms with Crippen LogP contribution in [0.2, 0.25) is 0 Å². The number of ether oxygens (including phenoxy) is 1. The first-order valence-corrected chi connectivity index (χ1v) is 11.7. The number of nitrogens with zero attached hydrogens (tertiary/aromatic N) is 3. The van der Waals surface area contributed by atoms with E-state index in [4.69, 9.17) is 9.26 Å². The fourth-order valence-corrected chi connectivity index (χ4v) is 4.80. The highest BCUT2D eigenvalue weighted by Crippen LogP contribution is 2.22. The quantitative estimate of drug-likeness (QED) is 0.598. The summed E-state index contributed by atoms with van der Waals surface area (Å²) in [5, 5.41) is 7.21. The minimum Gasteiger partial charge on any atom is -0.379 e. The number of sulfonamides is 1. The van der Waals surface area contributed by atoms with Crippen LogP contribution in [0.5, 0.6) is 0 Å². The zero-order valence-electron chi connectivity index (χ0n) is 17.6. The molecular formula is C22H26N4O4S. The van der Waals surface area contributed by atoms with E-state index in [9.17, 15) is 8.42 Å². The number of anilines is 1. The molecule has 1 aliphatic rings. The molecule has 31 heavy (non-hydrogen) atoms. The minimum atomic E-state index is -3.55. The fourth-order valence-electron chi connectivity index (χ4n) is 3.34. The van der Waals surface area contributed by atoms with Crippen molar-refractivity contribution in [1.29, 1.82) is 0 Å². The van der Waals surface area contributed by atoms with Gasteiger partial charge in [-0.1, -0.05) is 49.3 Å². The Kier molecular flexibility index (Phi) is 6.35. The molecule has 0 saturated carbocycles. The molecule has 0 amide bonds. The summed E-state index contributed by atoms with van der Waals surface area (Å²) in [6, 6.07) is 14.8. The van der Waals surface area contributed by atoms with Crippen molar-refractivity contribution in [2.24, 2.45) is 0 Å². The Labute approximate surface area is 182 Å². The van der Waals surface area contributed by atoms with Crippen LogP contribution in [-0.4, -0.2) is 49.2 Å². The van der Waals surface area contributed by atoms with Crippen molar-refractivity contribution in [3.05, 3.63) is 60.0 Å². The normalized spacial score (nSPS) is 15.3. The van der Waals surface area contributed by atoms with Gasteiger partial charge in [0.2, 0.25) is 21.7 Å². The summed E-state index contributed by atoms with van der Waals surface area (Å²) in [4.78, 5) is 4.68. The van der Waals surface area contributed by atoms with Gasteiger partial charge in [0, 0.05) is 24.3 Å². The predicted octanol–water partition coefficient (Wildman–Crippen LogP) is 3.49. The Morgan fingerprint density at radius 1 is 1.10 bits per heavy atom. The van der Waals surface area contributed by atoms with Gasteiger partial charge in [-0.3, -0.25) is 0 Å². The monoisotopic (exact) mass is 442 g/mol. The average molecular weight is 443 g/mol. The van der Waals surface area contributed by atoms with Gasteiger partial charge in [-0.15, -0.1) is 0 Å². The lowest BCUT2D eigenvalue weighted by molar-refractivity contribution is 0.0730. The molecule has 0 spiro atoms. The van der Waals surface area contributed by atoms with E-state index in [1.807, 2.05) is 12.1 Å². The third kappa shape index (κ3) is 4.95. The van der Waals surface area contributed by atoms with E-state index >= 15 is 0 Å². The van der Waals surface area contributed by atoms with E-state index in [0.29, 0.717) is 49.6 Å². The molecule has 2 heterocycles. The molecule has 4 rings (SSSR count). The summed E-state index contributed by atoms with van der Waals surface area (Å²) >= 11 is 0. The topological polar surface area (TPSA) is 97.6 Å². The maximum atomic E-state index is 12.8. The minimum absolute atomic E-state index is 0.246. The lowest BCUT2D eigenvalue weighted by Crippen LogP contribution is -2.40. The van der Waals surface area contributed by atoms with Crippen LogP contribution in [0.1, 0.15) is 31.2 Å². The van der Waals surface area contributed by atoms with Gasteiger partial charge in [-0.05, 0) is 29.7 Å². The summed E-state index contributed by atoms with van der Waals surface area (Å²) in [6.45, 7) is 6.14. The first-order chi connectivity index (χ1) is 14.9. The van der Waals surface area contributed by atoms with Crippen molar-refractivity contribution in [2.45, 2.75) is 31.2 Å². The molecule has 1 N–H and O–H groups in total. The van der Waals surface area contributed by atoms with Gasteiger partial charge >= 0.3 is 0 Å². The molecule has 1 saturated heterocycles. The summed E-state index contributed by atoms with van der Waals surface area (Å²) in [6.07, 6.45) is 0. The largest absolute Gasteiger partial charge is 0.379 e. The first-order valence-electron chi connectivity index (χ1n) is 10.3. The highest BCUT2D eigenvalue weighted by molar-refractivity contribution is 7.89. The van der Waals surface area contributed by atoms with Gasteiger partial charge in [0.05, 0.1) is 24.7 Å². The highest BCUT2D eigenvalue weighted by atomic mass is 32.2. The highest BCUT2D eigenvalue weighted by Gasteiger charge is 2.26. The van der Waals surface area contributed by atoms with Crippen LogP contribution < -0.4 is 5.32 Å². The van der Waals surface area contributed by atoms with Crippen LogP contribution in [0.3, 0.4) is 0 Å². The molecule has 2 aromatic carbocycles. The molecule has 1 aromatic heterocycles. The van der Waals surface area contributed by atoms with E-state index in [0.717, 1.165) is 5.56 Å². The summed E-state index contributed by atoms with van der Waals surface area (Å²) in [5.41, 5.74) is 2.80. The third-order valence-electron chi connectivity index (χ3n) is 5.19. The zero-order valence-corrected chi connectivity index (χ0v) is 18.4. The molecule has 8 nitrogen and oxygen atoms in total. The van der Waals surface area contributed by atoms with Crippen molar-refractivity contribution < 1.29 is 17.7 Å². The molecule has 1 aliphatic heterocycles. The Balaban J connectivity index is 1.42. The maximum absolute atomic E-state index is 12.8. The summed E-state index contributed by atoms with van der Waals surface area (Å²) in [7, 11) is -3.55. The fraction of sp³-hybridized carbons (Fsp3) is 0.364. The van der Waals surface area contributed by atoms with Crippen molar-refractivity contribution in [3.63, 3.8) is 0 Å². The van der Waals surface area contributed by atoms with Crippen LogP contribution in [0.15, 0.2) is 57.9 Å². The van der Waals surface area contributed by atoms with Crippen LogP contribution in [0.25, 0.3) is 11.4 Å². The molecular weight excluding hydrogens is 416 g/mol. The molecule has 0 atom stereocenters. The van der Waals surface area contributed by atoms with Crippen molar-refractivity contribution in [2.75, 3.05) is 31.6 Å². The third-order valence-corrected chi connectivity index (χ3v) is 7.08. The summed E-state index contributed by atoms with van der Waals surface area (Å²) in [5.74, 6) is 1.40. The van der Waals surface area contributed by atoms with Crippen molar-refractivity contribution in [3.8, 4) is 11.4 Å². The number of rotatable bonds is 7. The van der Waals surface area contributed by atoms with Gasteiger partial charge in [0.1, 0.15) is 0 Å². The van der Waals surface area contributed by atoms with Crippen LogP contribution >= 0.6 is 0 Å². The Morgan fingerprint density at radius 3 is 2.55 bits per heavy atom. The summed E-state index contributed by atoms with van der Waals surface area (Å²) < 4.78 is 37.7. The van der Waals surface area contributed by atoms with Gasteiger partial charge in [0.25, 0.3) is 0 Å². The number of aromatic nitrogens is 2. The van der Waals surface area contributed by atoms with E-state index < -0.39 is 10.0 Å². The lowest BCUT2D eigenvalue weighted by atomic mass is 10.0. The maximum Gasteiger partial charge on any atom is 0.246 e. The number of morpholine rings is 1. The second-order valence-corrected chi connectivity index (χ2v) is 9.62. The Bertz CT molecular complexity index is 1120. The number of nitrogens with one attached hydrogen (secondary N) is 1. The van der Waals surface area contributed by atoms with Gasteiger partial charge in [-0.2, -0.15) is 9.29 Å². The van der Waals surface area contributed by atoms with Crippen LogP contribution in [0, 0.1) is 0 Å².